The van der Waals surface area contributed by atoms with Gasteiger partial charge in [-0.2, -0.15) is 14.0 Å². The Morgan fingerprint density at radius 2 is 1.52 bits per heavy atom. The number of benzene rings is 2. The lowest BCUT2D eigenvalue weighted by atomic mass is 10.1. The van der Waals surface area contributed by atoms with E-state index in [0.717, 1.165) is 11.3 Å². The number of hydrogen-bond donors (Lipinski definition) is 0. The van der Waals surface area contributed by atoms with Crippen molar-refractivity contribution in [1.82, 2.24) is 0 Å². The van der Waals surface area contributed by atoms with Crippen LogP contribution in [0, 0.1) is 39.7 Å². The summed E-state index contributed by atoms with van der Waals surface area (Å²) < 4.78 is 104. The second kappa shape index (κ2) is 8.80. The minimum Gasteiger partial charge on any atom is -0.429 e. The molecule has 11 heteroatoms. The molecule has 162 valence electrons. The van der Waals surface area contributed by atoms with Crippen LogP contribution < -0.4 is 4.74 Å². The number of aryl methyl sites for hydroxylation is 1. The normalized spacial score (nSPS) is 11.5. The van der Waals surface area contributed by atoms with Gasteiger partial charge in [0.25, 0.3) is 0 Å². The predicted octanol–water partition coefficient (Wildman–Crippen LogP) is 7.37. The molecule has 0 radical (unpaired) electrons. The molecule has 3 aromatic rings. The summed E-state index contributed by atoms with van der Waals surface area (Å²) in [7, 11) is 0. The van der Waals surface area contributed by atoms with Gasteiger partial charge in [0, 0.05) is 22.6 Å². The van der Waals surface area contributed by atoms with Gasteiger partial charge in [-0.05, 0) is 36.4 Å². The van der Waals surface area contributed by atoms with Crippen LogP contribution in [0.4, 0.5) is 30.7 Å². The number of nitriles is 1. The quantitative estimate of drug-likeness (QED) is 0.211. The highest BCUT2D eigenvalue weighted by Crippen LogP contribution is 2.40. The van der Waals surface area contributed by atoms with E-state index in [4.69, 9.17) is 5.26 Å². The minimum absolute atomic E-state index is 0.123. The summed E-state index contributed by atoms with van der Waals surface area (Å²) in [5.41, 5.74) is -2.09. The molecule has 2 nitrogen and oxygen atoms in total. The first-order valence-corrected chi connectivity index (χ1v) is 10.1. The molecule has 0 aliphatic rings. The van der Waals surface area contributed by atoms with Gasteiger partial charge in [0.05, 0.1) is 9.77 Å². The smallest absolute Gasteiger partial charge is 0.429 e. The molecule has 1 heterocycles. The van der Waals surface area contributed by atoms with Crippen molar-refractivity contribution in [3.05, 3.63) is 69.9 Å². The molecule has 0 saturated carbocycles. The van der Waals surface area contributed by atoms with E-state index >= 15 is 0 Å². The van der Waals surface area contributed by atoms with Crippen LogP contribution in [-0.4, -0.2) is 0 Å². The SMILES string of the molecule is CCc1cc(F)c(-c2cc(F)c(C(F)(F)Oc3cc(F)c(SC#N)c(F)c3)c(F)c2)s1. The van der Waals surface area contributed by atoms with E-state index in [1.54, 1.807) is 6.92 Å². The van der Waals surface area contributed by atoms with Gasteiger partial charge in [0.15, 0.2) is 0 Å². The monoisotopic (exact) mass is 477 g/mol. The molecule has 0 saturated heterocycles. The molecule has 0 aliphatic heterocycles. The predicted molar refractivity (Wildman–Crippen MR) is 101 cm³/mol. The van der Waals surface area contributed by atoms with Crippen LogP contribution in [0.2, 0.25) is 0 Å². The third kappa shape index (κ3) is 4.65. The molecule has 0 atom stereocenters. The highest BCUT2D eigenvalue weighted by atomic mass is 32.2. The fourth-order valence-corrected chi connectivity index (χ4v) is 4.07. The van der Waals surface area contributed by atoms with Crippen LogP contribution in [0.25, 0.3) is 10.4 Å². The van der Waals surface area contributed by atoms with Gasteiger partial charge in [-0.25, -0.2) is 22.0 Å². The molecule has 0 amide bonds. The summed E-state index contributed by atoms with van der Waals surface area (Å²) in [6.45, 7) is 1.74. The molecule has 0 fully saturated rings. The number of alkyl halides is 2. The summed E-state index contributed by atoms with van der Waals surface area (Å²) in [6, 6.07) is 2.94. The Kier molecular flexibility index (Phi) is 6.52. The Labute approximate surface area is 179 Å². The maximum Gasteiger partial charge on any atom is 0.432 e. The number of thiocyanates is 1. The third-order valence-electron chi connectivity index (χ3n) is 4.05. The highest BCUT2D eigenvalue weighted by molar-refractivity contribution is 8.03. The van der Waals surface area contributed by atoms with Crippen LogP contribution in [0.3, 0.4) is 0 Å². The van der Waals surface area contributed by atoms with Crippen molar-refractivity contribution in [2.45, 2.75) is 24.3 Å². The van der Waals surface area contributed by atoms with E-state index in [1.165, 1.54) is 11.5 Å². The summed E-state index contributed by atoms with van der Waals surface area (Å²) in [5.74, 6) is -8.01. The lowest BCUT2D eigenvalue weighted by molar-refractivity contribution is -0.189. The van der Waals surface area contributed by atoms with E-state index in [9.17, 15) is 30.7 Å². The largest absolute Gasteiger partial charge is 0.432 e. The van der Waals surface area contributed by atoms with Crippen molar-refractivity contribution in [2.24, 2.45) is 0 Å². The first kappa shape index (κ1) is 23.0. The molecule has 3 rings (SSSR count). The van der Waals surface area contributed by atoms with E-state index < -0.39 is 51.4 Å². The number of nitrogens with zero attached hydrogens (tertiary/aromatic N) is 1. The summed E-state index contributed by atoms with van der Waals surface area (Å²) in [4.78, 5) is -0.280. The minimum atomic E-state index is -4.65. The Morgan fingerprint density at radius 1 is 0.935 bits per heavy atom. The van der Waals surface area contributed by atoms with E-state index in [-0.39, 0.29) is 22.2 Å². The lowest BCUT2D eigenvalue weighted by Crippen LogP contribution is -2.25. The molecule has 0 aliphatic carbocycles. The second-order valence-electron chi connectivity index (χ2n) is 6.09. The average Bonchev–Trinajstić information content (AvgIpc) is 3.04. The van der Waals surface area contributed by atoms with Gasteiger partial charge >= 0.3 is 6.11 Å². The Bertz CT molecular complexity index is 1140. The molecule has 0 N–H and O–H groups in total. The topological polar surface area (TPSA) is 33.0 Å². The third-order valence-corrected chi connectivity index (χ3v) is 6.04. The maximum atomic E-state index is 14.5. The van der Waals surface area contributed by atoms with Gasteiger partial charge < -0.3 is 4.74 Å². The molecule has 1 aromatic heterocycles. The van der Waals surface area contributed by atoms with E-state index in [2.05, 4.69) is 4.74 Å². The van der Waals surface area contributed by atoms with Crippen molar-refractivity contribution in [3.63, 3.8) is 0 Å². The van der Waals surface area contributed by atoms with E-state index in [1.807, 2.05) is 0 Å². The fraction of sp³-hybridized carbons (Fsp3) is 0.150. The Hall–Kier alpha value is -2.71. The van der Waals surface area contributed by atoms with Crippen molar-refractivity contribution >= 4 is 23.1 Å². The molecule has 0 bridgehead atoms. The number of thioether (sulfide) groups is 1. The van der Waals surface area contributed by atoms with Gasteiger partial charge in [-0.3, -0.25) is 0 Å². The van der Waals surface area contributed by atoms with Crippen LogP contribution in [-0.2, 0) is 12.5 Å². The lowest BCUT2D eigenvalue weighted by Gasteiger charge is -2.20. The average molecular weight is 477 g/mol. The number of hydrogen-bond acceptors (Lipinski definition) is 4. The molecular formula is C20H10F7NOS2. The zero-order valence-corrected chi connectivity index (χ0v) is 17.0. The molecule has 0 spiro atoms. The van der Waals surface area contributed by atoms with Gasteiger partial charge in [0.1, 0.15) is 45.8 Å². The number of ether oxygens (including phenoxy) is 1. The van der Waals surface area contributed by atoms with Crippen LogP contribution in [0.1, 0.15) is 17.4 Å². The Morgan fingerprint density at radius 3 is 2.00 bits per heavy atom. The Balaban J connectivity index is 1.98. The number of halogens is 7. The van der Waals surface area contributed by atoms with Crippen LogP contribution in [0.15, 0.2) is 35.2 Å². The fourth-order valence-electron chi connectivity index (χ4n) is 2.71. The number of thiophene rings is 1. The van der Waals surface area contributed by atoms with Crippen molar-refractivity contribution < 1.29 is 35.5 Å². The van der Waals surface area contributed by atoms with Gasteiger partial charge in [-0.1, -0.05) is 6.92 Å². The van der Waals surface area contributed by atoms with E-state index in [0.29, 0.717) is 35.6 Å². The zero-order chi connectivity index (χ0) is 22.9. The van der Waals surface area contributed by atoms with Crippen molar-refractivity contribution in [2.75, 3.05) is 0 Å². The highest BCUT2D eigenvalue weighted by Gasteiger charge is 2.41. The summed E-state index contributed by atoms with van der Waals surface area (Å²) >= 11 is 1.04. The first-order valence-electron chi connectivity index (χ1n) is 8.47. The molecule has 0 unspecified atom stereocenters. The molecule has 31 heavy (non-hydrogen) atoms. The summed E-state index contributed by atoms with van der Waals surface area (Å²) in [5, 5.41) is 9.92. The standard InChI is InChI=1S/C20H10F7NOS2/c1-2-11-7-16(25)18(31-11)9-3-12(21)17(13(22)4-9)20(26,27)29-10-5-14(23)19(30-8-28)15(24)6-10/h3-7H,2H2,1H3. The maximum absolute atomic E-state index is 14.5. The molecule has 2 aromatic carbocycles. The van der Waals surface area contributed by atoms with Crippen LogP contribution >= 0.6 is 23.1 Å². The van der Waals surface area contributed by atoms with Gasteiger partial charge in [0.2, 0.25) is 0 Å². The van der Waals surface area contributed by atoms with Crippen molar-refractivity contribution in [1.29, 1.82) is 5.26 Å². The summed E-state index contributed by atoms with van der Waals surface area (Å²) in [6.07, 6.45) is -4.19. The zero-order valence-electron chi connectivity index (χ0n) is 15.4. The van der Waals surface area contributed by atoms with Gasteiger partial charge in [-0.15, -0.1) is 11.3 Å². The van der Waals surface area contributed by atoms with Crippen LogP contribution in [0.5, 0.6) is 5.75 Å². The number of rotatable bonds is 6. The molecular weight excluding hydrogens is 467 g/mol. The second-order valence-corrected chi connectivity index (χ2v) is 8.02. The first-order chi connectivity index (χ1) is 14.6. The van der Waals surface area contributed by atoms with Crippen molar-refractivity contribution in [3.8, 4) is 21.6 Å².